The van der Waals surface area contributed by atoms with Crippen molar-refractivity contribution in [3.05, 3.63) is 24.2 Å². The van der Waals surface area contributed by atoms with Crippen LogP contribution in [0.1, 0.15) is 54.2 Å². The highest BCUT2D eigenvalue weighted by molar-refractivity contribution is 7.51. The van der Waals surface area contributed by atoms with E-state index in [4.69, 9.17) is 43.2 Å². The second-order valence-electron chi connectivity index (χ2n) is 10.7. The van der Waals surface area contributed by atoms with Gasteiger partial charge in [0.25, 0.3) is 0 Å². The molecule has 0 amide bonds. The number of nitrogens with zero attached hydrogens (tertiary/aromatic N) is 4. The molecule has 258 valence electrons. The van der Waals surface area contributed by atoms with Crippen LogP contribution >= 0.6 is 7.75 Å². The maximum Gasteiger partial charge on any atom is 0.510 e. The number of hydrogen-bond donors (Lipinski definition) is 2. The van der Waals surface area contributed by atoms with E-state index < -0.39 is 87.4 Å². The zero-order chi connectivity index (χ0) is 35.1. The molecule has 6 atom stereocenters. The van der Waals surface area contributed by atoms with E-state index in [1.807, 2.05) is 6.07 Å². The first-order valence-corrected chi connectivity index (χ1v) is 15.8. The third kappa shape index (κ3) is 9.14. The monoisotopic (exact) mass is 684 g/mol. The van der Waals surface area contributed by atoms with Crippen molar-refractivity contribution in [2.45, 2.75) is 90.6 Å². The number of rotatable bonds is 14. The van der Waals surface area contributed by atoms with Crippen molar-refractivity contribution in [1.82, 2.24) is 19.7 Å². The van der Waals surface area contributed by atoms with Crippen LogP contribution in [0.25, 0.3) is 5.52 Å². The Balaban J connectivity index is 1.99. The molecule has 19 nitrogen and oxygen atoms in total. The Morgan fingerprint density at radius 3 is 2.34 bits per heavy atom. The van der Waals surface area contributed by atoms with Gasteiger partial charge in [-0.1, -0.05) is 0 Å². The molecule has 1 saturated heterocycles. The Hall–Kier alpha value is -4.34. The highest BCUT2D eigenvalue weighted by atomic mass is 31.2. The molecule has 47 heavy (non-hydrogen) atoms. The number of nitrogen functional groups attached to an aromatic ring is 1. The van der Waals surface area contributed by atoms with Crippen LogP contribution in [0.5, 0.6) is 0 Å². The minimum atomic E-state index is -4.62. The van der Waals surface area contributed by atoms with Gasteiger partial charge in [0.1, 0.15) is 30.1 Å². The van der Waals surface area contributed by atoms with E-state index in [-0.39, 0.29) is 17.0 Å². The van der Waals surface area contributed by atoms with Gasteiger partial charge in [0, 0.05) is 13.8 Å². The van der Waals surface area contributed by atoms with E-state index in [2.05, 4.69) is 15.2 Å². The van der Waals surface area contributed by atoms with E-state index >= 15 is 0 Å². The topological polar surface area (TPSA) is 251 Å². The molecule has 1 unspecified atom stereocenters. The molecule has 1 aliphatic rings. The van der Waals surface area contributed by atoms with Gasteiger partial charge < -0.3 is 34.2 Å². The molecular weight excluding hydrogens is 647 g/mol. The van der Waals surface area contributed by atoms with Gasteiger partial charge in [0.2, 0.25) is 12.4 Å². The van der Waals surface area contributed by atoms with Crippen LogP contribution < -0.4 is 10.8 Å². The number of nitrogens with one attached hydrogen (secondary N) is 1. The summed E-state index contributed by atoms with van der Waals surface area (Å²) in [5.41, 5.74) is 4.07. The number of nitrogens with two attached hydrogens (primary N) is 1. The first kappa shape index (κ1) is 37.1. The molecule has 0 radical (unpaired) electrons. The second-order valence-corrected chi connectivity index (χ2v) is 12.5. The van der Waals surface area contributed by atoms with Gasteiger partial charge in [-0.25, -0.2) is 23.9 Å². The number of anilines is 1. The van der Waals surface area contributed by atoms with Gasteiger partial charge in [-0.05, 0) is 46.8 Å². The Labute approximate surface area is 269 Å². The summed E-state index contributed by atoms with van der Waals surface area (Å²) in [6.07, 6.45) is -5.65. The third-order valence-electron chi connectivity index (χ3n) is 6.22. The first-order chi connectivity index (χ1) is 22.0. The Morgan fingerprint density at radius 2 is 1.74 bits per heavy atom. The average Bonchev–Trinajstić information content (AvgIpc) is 3.52. The second kappa shape index (κ2) is 15.5. The molecule has 0 aromatic carbocycles. The van der Waals surface area contributed by atoms with Crippen molar-refractivity contribution in [2.75, 3.05) is 19.1 Å². The molecular formula is C27H37N6O13P. The number of aromatic nitrogens is 3. The number of carbonyl (C=O) groups is 4. The van der Waals surface area contributed by atoms with E-state index in [0.717, 1.165) is 20.2 Å². The molecule has 0 bridgehead atoms. The molecule has 3 heterocycles. The largest absolute Gasteiger partial charge is 0.510 e. The SMILES string of the molecule is CC(=O)O[C@H]1[C@@H](OC(C)=O)[C@](C#N)(c2ccc3c(N)ncnn23)O[C@@H]1COP(=O)(N[C@@H](C)C(=O)OC(C)C)OCOC(=O)OC(C)C. The summed E-state index contributed by atoms with van der Waals surface area (Å²) in [5.74, 6) is -2.46. The van der Waals surface area contributed by atoms with Crippen LogP contribution in [0, 0.1) is 11.3 Å². The van der Waals surface area contributed by atoms with Gasteiger partial charge in [0.05, 0.1) is 24.5 Å². The first-order valence-electron chi connectivity index (χ1n) is 14.2. The average molecular weight is 685 g/mol. The predicted molar refractivity (Wildman–Crippen MR) is 157 cm³/mol. The quantitative estimate of drug-likeness (QED) is 0.125. The number of ether oxygens (including phenoxy) is 6. The van der Waals surface area contributed by atoms with Crippen molar-refractivity contribution in [3.8, 4) is 6.07 Å². The fourth-order valence-corrected chi connectivity index (χ4v) is 5.79. The molecule has 3 rings (SSSR count). The fourth-order valence-electron chi connectivity index (χ4n) is 4.45. The Morgan fingerprint density at radius 1 is 1.09 bits per heavy atom. The summed E-state index contributed by atoms with van der Waals surface area (Å²) in [7, 11) is -4.62. The van der Waals surface area contributed by atoms with Gasteiger partial charge in [-0.3, -0.25) is 23.4 Å². The van der Waals surface area contributed by atoms with E-state index in [0.29, 0.717) is 0 Å². The summed E-state index contributed by atoms with van der Waals surface area (Å²) in [6, 6.07) is 3.64. The van der Waals surface area contributed by atoms with Crippen molar-refractivity contribution in [1.29, 1.82) is 5.26 Å². The Bertz CT molecular complexity index is 1560. The molecule has 2 aromatic heterocycles. The summed E-state index contributed by atoms with van der Waals surface area (Å²) >= 11 is 0. The van der Waals surface area contributed by atoms with Crippen LogP contribution in [0.4, 0.5) is 10.6 Å². The maximum atomic E-state index is 13.9. The summed E-state index contributed by atoms with van der Waals surface area (Å²) in [4.78, 5) is 52.7. The normalized spacial score (nSPS) is 22.7. The molecule has 2 aromatic rings. The minimum absolute atomic E-state index is 0.0228. The van der Waals surface area contributed by atoms with Crippen LogP contribution in [-0.2, 0) is 62.0 Å². The predicted octanol–water partition coefficient (Wildman–Crippen LogP) is 1.88. The standard InChI is InChI=1S/C27H37N6O13P/c1-14(2)42-25(36)16(5)32-47(38,41-13-39-26(37)43-15(3)4)40-10-20-22(44-17(6)34)23(45-18(7)35)27(11-28,46-20)21-9-8-19-24(29)30-12-31-33(19)21/h8-9,12,14-16,20,22-23H,10,13H2,1-7H3,(H,32,38)(H2,29,30,31)/t16-,20+,22+,23+,27-,47?/m0/s1. The van der Waals surface area contributed by atoms with E-state index in [1.54, 1.807) is 27.7 Å². The zero-order valence-corrected chi connectivity index (χ0v) is 27.6. The number of hydrogen-bond acceptors (Lipinski definition) is 17. The van der Waals surface area contributed by atoms with Crippen molar-refractivity contribution >= 4 is 43.1 Å². The maximum absolute atomic E-state index is 13.9. The molecule has 0 saturated carbocycles. The van der Waals surface area contributed by atoms with Crippen LogP contribution in [0.2, 0.25) is 0 Å². The zero-order valence-electron chi connectivity index (χ0n) is 26.7. The van der Waals surface area contributed by atoms with Crippen molar-refractivity contribution < 1.29 is 61.2 Å². The highest BCUT2D eigenvalue weighted by Gasteiger charge is 2.62. The number of nitriles is 1. The van der Waals surface area contributed by atoms with E-state index in [9.17, 15) is 29.0 Å². The molecule has 1 aliphatic heterocycles. The van der Waals surface area contributed by atoms with Crippen molar-refractivity contribution in [2.24, 2.45) is 0 Å². The van der Waals surface area contributed by atoms with Crippen LogP contribution in [0.15, 0.2) is 18.5 Å². The van der Waals surface area contributed by atoms with Gasteiger partial charge in [-0.2, -0.15) is 10.4 Å². The number of esters is 3. The number of carbonyl (C=O) groups excluding carboxylic acids is 4. The number of fused-ring (bicyclic) bond motifs is 1. The van der Waals surface area contributed by atoms with Crippen LogP contribution in [0.3, 0.4) is 0 Å². The smallest absolute Gasteiger partial charge is 0.462 e. The molecule has 20 heteroatoms. The summed E-state index contributed by atoms with van der Waals surface area (Å²) in [5, 5.41) is 17.1. The molecule has 1 fully saturated rings. The van der Waals surface area contributed by atoms with Gasteiger partial charge in [-0.15, -0.1) is 0 Å². The van der Waals surface area contributed by atoms with Crippen molar-refractivity contribution in [3.63, 3.8) is 0 Å². The fraction of sp³-hybridized carbons (Fsp3) is 0.593. The molecule has 3 N–H and O–H groups in total. The highest BCUT2D eigenvalue weighted by Crippen LogP contribution is 2.48. The lowest BCUT2D eigenvalue weighted by atomic mass is 9.92. The minimum Gasteiger partial charge on any atom is -0.462 e. The van der Waals surface area contributed by atoms with Gasteiger partial charge in [0.15, 0.2) is 18.0 Å². The Kier molecular flexibility index (Phi) is 12.2. The molecule has 0 aliphatic carbocycles. The van der Waals surface area contributed by atoms with Gasteiger partial charge >= 0.3 is 31.8 Å². The molecule has 0 spiro atoms. The van der Waals surface area contributed by atoms with Crippen LogP contribution in [-0.4, -0.2) is 88.6 Å². The van der Waals surface area contributed by atoms with E-state index in [1.165, 1.54) is 23.6 Å². The summed E-state index contributed by atoms with van der Waals surface area (Å²) < 4.78 is 57.8. The lowest BCUT2D eigenvalue weighted by molar-refractivity contribution is -0.166. The third-order valence-corrected chi connectivity index (χ3v) is 7.86. The lowest BCUT2D eigenvalue weighted by Crippen LogP contribution is -2.45. The summed E-state index contributed by atoms with van der Waals surface area (Å²) in [6.45, 7) is 8.10. The lowest BCUT2D eigenvalue weighted by Gasteiger charge is -2.28.